The van der Waals surface area contributed by atoms with Crippen LogP contribution in [0.3, 0.4) is 0 Å². The standard InChI is InChI=1S/C17H21ClN2O4/c18-13-4-1-2-5-14(13)24-12-16(21)19-7-9-20(10-8-19)17(22)15-6-3-11-23-15/h1-2,4-5,15H,3,6-12H2. The Morgan fingerprint density at radius 3 is 2.54 bits per heavy atom. The smallest absolute Gasteiger partial charge is 0.260 e. The molecule has 2 fully saturated rings. The number of hydrogen-bond acceptors (Lipinski definition) is 4. The second kappa shape index (κ2) is 7.85. The normalized spacial score (nSPS) is 21.0. The van der Waals surface area contributed by atoms with E-state index >= 15 is 0 Å². The lowest BCUT2D eigenvalue weighted by molar-refractivity contribution is -0.146. The first-order chi connectivity index (χ1) is 11.6. The molecule has 0 aliphatic carbocycles. The molecule has 0 N–H and O–H groups in total. The van der Waals surface area contributed by atoms with E-state index in [4.69, 9.17) is 21.1 Å². The highest BCUT2D eigenvalue weighted by atomic mass is 35.5. The highest BCUT2D eigenvalue weighted by Crippen LogP contribution is 2.23. The van der Waals surface area contributed by atoms with Gasteiger partial charge >= 0.3 is 0 Å². The van der Waals surface area contributed by atoms with Gasteiger partial charge in [0.2, 0.25) is 0 Å². The molecular formula is C17H21ClN2O4. The SMILES string of the molecule is O=C(COc1ccccc1Cl)N1CCN(C(=O)C2CCCO2)CC1. The van der Waals surface area contributed by atoms with Gasteiger partial charge < -0.3 is 19.3 Å². The minimum atomic E-state index is -0.296. The lowest BCUT2D eigenvalue weighted by atomic mass is 10.2. The van der Waals surface area contributed by atoms with E-state index in [1.807, 2.05) is 0 Å². The maximum absolute atomic E-state index is 12.3. The highest BCUT2D eigenvalue weighted by molar-refractivity contribution is 6.32. The van der Waals surface area contributed by atoms with Crippen molar-refractivity contribution in [1.29, 1.82) is 0 Å². The third-order valence-corrected chi connectivity index (χ3v) is 4.65. The van der Waals surface area contributed by atoms with Gasteiger partial charge in [0.15, 0.2) is 6.61 Å². The van der Waals surface area contributed by atoms with Gasteiger partial charge in [0.05, 0.1) is 5.02 Å². The summed E-state index contributed by atoms with van der Waals surface area (Å²) in [6, 6.07) is 7.06. The van der Waals surface area contributed by atoms with Crippen LogP contribution in [0.25, 0.3) is 0 Å². The topological polar surface area (TPSA) is 59.1 Å². The van der Waals surface area contributed by atoms with Crippen molar-refractivity contribution < 1.29 is 19.1 Å². The summed E-state index contributed by atoms with van der Waals surface area (Å²) in [7, 11) is 0. The van der Waals surface area contributed by atoms with Crippen molar-refractivity contribution in [3.63, 3.8) is 0 Å². The molecule has 130 valence electrons. The Kier molecular flexibility index (Phi) is 5.58. The van der Waals surface area contributed by atoms with Crippen molar-refractivity contribution >= 4 is 23.4 Å². The number of piperazine rings is 1. The molecule has 1 atom stereocenters. The van der Waals surface area contributed by atoms with Crippen molar-refractivity contribution in [2.75, 3.05) is 39.4 Å². The molecule has 0 saturated carbocycles. The number of nitrogens with zero attached hydrogens (tertiary/aromatic N) is 2. The van der Waals surface area contributed by atoms with E-state index in [0.717, 1.165) is 12.8 Å². The number of carbonyl (C=O) groups excluding carboxylic acids is 2. The minimum Gasteiger partial charge on any atom is -0.482 e. The number of rotatable bonds is 4. The summed E-state index contributed by atoms with van der Waals surface area (Å²) < 4.78 is 10.9. The van der Waals surface area contributed by atoms with Gasteiger partial charge in [0, 0.05) is 32.8 Å². The summed E-state index contributed by atoms with van der Waals surface area (Å²) >= 11 is 6.00. The van der Waals surface area contributed by atoms with Crippen LogP contribution in [0.15, 0.2) is 24.3 Å². The first-order valence-corrected chi connectivity index (χ1v) is 8.58. The van der Waals surface area contributed by atoms with E-state index in [1.54, 1.807) is 34.1 Å². The van der Waals surface area contributed by atoms with Crippen molar-refractivity contribution in [2.45, 2.75) is 18.9 Å². The molecule has 7 heteroatoms. The summed E-state index contributed by atoms with van der Waals surface area (Å²) in [5.41, 5.74) is 0. The lowest BCUT2D eigenvalue weighted by Gasteiger charge is -2.35. The van der Waals surface area contributed by atoms with Gasteiger partial charge in [-0.25, -0.2) is 0 Å². The Labute approximate surface area is 146 Å². The molecular weight excluding hydrogens is 332 g/mol. The fourth-order valence-electron chi connectivity index (χ4n) is 2.94. The highest BCUT2D eigenvalue weighted by Gasteiger charge is 2.31. The average molecular weight is 353 g/mol. The number of para-hydroxylation sites is 1. The lowest BCUT2D eigenvalue weighted by Crippen LogP contribution is -2.53. The largest absolute Gasteiger partial charge is 0.482 e. The summed E-state index contributed by atoms with van der Waals surface area (Å²) in [6.45, 7) is 2.72. The van der Waals surface area contributed by atoms with E-state index in [0.29, 0.717) is 43.6 Å². The zero-order valence-corrected chi connectivity index (χ0v) is 14.2. The third kappa shape index (κ3) is 3.99. The van der Waals surface area contributed by atoms with Crippen LogP contribution in [0.4, 0.5) is 0 Å². The van der Waals surface area contributed by atoms with Gasteiger partial charge in [0.1, 0.15) is 11.9 Å². The molecule has 0 radical (unpaired) electrons. The van der Waals surface area contributed by atoms with Crippen LogP contribution in [-0.4, -0.2) is 67.1 Å². The fourth-order valence-corrected chi connectivity index (χ4v) is 3.14. The Hall–Kier alpha value is -1.79. The fraction of sp³-hybridized carbons (Fsp3) is 0.529. The monoisotopic (exact) mass is 352 g/mol. The first-order valence-electron chi connectivity index (χ1n) is 8.20. The quantitative estimate of drug-likeness (QED) is 0.825. The Morgan fingerprint density at radius 1 is 1.17 bits per heavy atom. The van der Waals surface area contributed by atoms with Gasteiger partial charge in [0.25, 0.3) is 11.8 Å². The molecule has 2 aliphatic rings. The van der Waals surface area contributed by atoms with Crippen LogP contribution in [-0.2, 0) is 14.3 Å². The summed E-state index contributed by atoms with van der Waals surface area (Å²) in [6.07, 6.45) is 1.44. The van der Waals surface area contributed by atoms with Gasteiger partial charge in [-0.3, -0.25) is 9.59 Å². The summed E-state index contributed by atoms with van der Waals surface area (Å²) in [4.78, 5) is 28.0. The Bertz CT molecular complexity index is 596. The van der Waals surface area contributed by atoms with E-state index in [1.165, 1.54) is 0 Å². The van der Waals surface area contributed by atoms with Crippen LogP contribution in [0.1, 0.15) is 12.8 Å². The summed E-state index contributed by atoms with van der Waals surface area (Å²) in [5.74, 6) is 0.450. The van der Waals surface area contributed by atoms with Crippen molar-refractivity contribution in [1.82, 2.24) is 9.80 Å². The predicted octanol–water partition coefficient (Wildman–Crippen LogP) is 1.57. The van der Waals surface area contributed by atoms with Gasteiger partial charge in [-0.15, -0.1) is 0 Å². The number of hydrogen-bond donors (Lipinski definition) is 0. The van der Waals surface area contributed by atoms with E-state index in [2.05, 4.69) is 0 Å². The van der Waals surface area contributed by atoms with Crippen molar-refractivity contribution in [2.24, 2.45) is 0 Å². The zero-order chi connectivity index (χ0) is 16.9. The number of benzene rings is 1. The maximum Gasteiger partial charge on any atom is 0.260 e. The molecule has 1 aromatic carbocycles. The van der Waals surface area contributed by atoms with Crippen LogP contribution < -0.4 is 4.74 Å². The molecule has 2 amide bonds. The Morgan fingerprint density at radius 2 is 1.88 bits per heavy atom. The molecule has 2 aliphatic heterocycles. The summed E-state index contributed by atoms with van der Waals surface area (Å²) in [5, 5.41) is 0.484. The molecule has 2 heterocycles. The zero-order valence-electron chi connectivity index (χ0n) is 13.4. The van der Waals surface area contributed by atoms with E-state index in [-0.39, 0.29) is 24.5 Å². The molecule has 1 unspecified atom stereocenters. The van der Waals surface area contributed by atoms with Crippen molar-refractivity contribution in [3.05, 3.63) is 29.3 Å². The third-order valence-electron chi connectivity index (χ3n) is 4.34. The molecule has 0 bridgehead atoms. The molecule has 0 spiro atoms. The van der Waals surface area contributed by atoms with Crippen molar-refractivity contribution in [3.8, 4) is 5.75 Å². The number of halogens is 1. The second-order valence-corrected chi connectivity index (χ2v) is 6.33. The van der Waals surface area contributed by atoms with Gasteiger partial charge in [-0.2, -0.15) is 0 Å². The first kappa shape index (κ1) is 17.0. The average Bonchev–Trinajstić information content (AvgIpc) is 3.15. The second-order valence-electron chi connectivity index (χ2n) is 5.93. The van der Waals surface area contributed by atoms with E-state index in [9.17, 15) is 9.59 Å². The molecule has 24 heavy (non-hydrogen) atoms. The predicted molar refractivity (Wildman–Crippen MR) is 89.1 cm³/mol. The minimum absolute atomic E-state index is 0.0481. The van der Waals surface area contributed by atoms with Gasteiger partial charge in [-0.1, -0.05) is 23.7 Å². The van der Waals surface area contributed by atoms with Gasteiger partial charge in [-0.05, 0) is 25.0 Å². The molecule has 1 aromatic rings. The maximum atomic E-state index is 12.3. The molecule has 6 nitrogen and oxygen atoms in total. The van der Waals surface area contributed by atoms with E-state index < -0.39 is 0 Å². The molecule has 0 aromatic heterocycles. The van der Waals surface area contributed by atoms with Crippen LogP contribution >= 0.6 is 11.6 Å². The van der Waals surface area contributed by atoms with Crippen LogP contribution in [0, 0.1) is 0 Å². The molecule has 3 rings (SSSR count). The number of carbonyl (C=O) groups is 2. The van der Waals surface area contributed by atoms with Crippen LogP contribution in [0.2, 0.25) is 5.02 Å². The Balaban J connectivity index is 1.45. The molecule has 2 saturated heterocycles. The number of amides is 2. The number of ether oxygens (including phenoxy) is 2. The van der Waals surface area contributed by atoms with Crippen LogP contribution in [0.5, 0.6) is 5.75 Å².